The number of hydrogen-bond acceptors (Lipinski definition) is 8. The van der Waals surface area contributed by atoms with E-state index in [0.29, 0.717) is 32.9 Å². The molecule has 0 aliphatic carbocycles. The van der Waals surface area contributed by atoms with E-state index in [0.717, 1.165) is 54.4 Å². The highest BCUT2D eigenvalue weighted by molar-refractivity contribution is 6.27. The van der Waals surface area contributed by atoms with Gasteiger partial charge in [-0.05, 0) is 54.8 Å². The van der Waals surface area contributed by atoms with Crippen molar-refractivity contribution in [3.63, 3.8) is 0 Å². The van der Waals surface area contributed by atoms with Gasteiger partial charge in [-0.2, -0.15) is 0 Å². The molecule has 2 aromatic rings. The predicted octanol–water partition coefficient (Wildman–Crippen LogP) is 2.34. The van der Waals surface area contributed by atoms with Crippen LogP contribution in [0.5, 0.6) is 23.0 Å². The number of nitrogens with zero attached hydrogens (tertiary/aromatic N) is 1. The summed E-state index contributed by atoms with van der Waals surface area (Å²) in [6, 6.07) is 13.6. The van der Waals surface area contributed by atoms with Crippen LogP contribution in [0.25, 0.3) is 0 Å². The molecule has 1 atom stereocenters. The van der Waals surface area contributed by atoms with Crippen LogP contribution in [0.1, 0.15) is 30.9 Å². The average Bonchev–Trinajstić information content (AvgIpc) is 3.28. The van der Waals surface area contributed by atoms with E-state index in [-0.39, 0.29) is 11.9 Å². The van der Waals surface area contributed by atoms with Gasteiger partial charge in [0.15, 0.2) is 11.5 Å². The average molecular weight is 517 g/mol. The van der Waals surface area contributed by atoms with E-state index in [4.69, 9.17) is 38.7 Å². The van der Waals surface area contributed by atoms with Crippen LogP contribution < -0.4 is 24.3 Å². The van der Waals surface area contributed by atoms with E-state index in [1.54, 1.807) is 7.11 Å². The van der Waals surface area contributed by atoms with Crippen LogP contribution in [-0.2, 0) is 14.4 Å². The number of methoxy groups -OCH3 is 1. The Hall–Kier alpha value is -3.99. The quantitative estimate of drug-likeness (QED) is 0.353. The second kappa shape index (κ2) is 13.9. The summed E-state index contributed by atoms with van der Waals surface area (Å²) in [5.74, 6) is -0.393. The number of rotatable bonds is 8. The third-order valence-electron chi connectivity index (χ3n) is 5.80. The molecule has 2 aromatic carbocycles. The minimum atomic E-state index is -1.82. The fraction of sp³-hybridized carbons (Fsp3) is 0.423. The molecule has 0 saturated carbocycles. The van der Waals surface area contributed by atoms with Crippen LogP contribution in [0.3, 0.4) is 0 Å². The summed E-state index contributed by atoms with van der Waals surface area (Å²) in [7, 11) is 1.64. The molecule has 4 rings (SSSR count). The first-order chi connectivity index (χ1) is 17.9. The molecule has 2 aliphatic heterocycles. The summed E-state index contributed by atoms with van der Waals surface area (Å²) >= 11 is 0. The number of carbonyl (C=O) groups is 3. The highest BCUT2D eigenvalue weighted by atomic mass is 16.5. The molecule has 1 amide bonds. The lowest BCUT2D eigenvalue weighted by Gasteiger charge is -2.26. The van der Waals surface area contributed by atoms with Gasteiger partial charge < -0.3 is 39.4 Å². The monoisotopic (exact) mass is 516 g/mol. The van der Waals surface area contributed by atoms with Crippen LogP contribution in [0.4, 0.5) is 0 Å². The van der Waals surface area contributed by atoms with Crippen molar-refractivity contribution in [2.45, 2.75) is 25.3 Å². The first-order valence-electron chi connectivity index (χ1n) is 12.0. The van der Waals surface area contributed by atoms with Gasteiger partial charge in [-0.3, -0.25) is 4.79 Å². The van der Waals surface area contributed by atoms with Crippen molar-refractivity contribution in [2.75, 3.05) is 46.6 Å². The Labute approximate surface area is 214 Å². The lowest BCUT2D eigenvalue weighted by atomic mass is 10.0. The summed E-state index contributed by atoms with van der Waals surface area (Å²) in [6.45, 7) is 3.50. The van der Waals surface area contributed by atoms with Crippen molar-refractivity contribution in [3.8, 4) is 23.0 Å². The summed E-state index contributed by atoms with van der Waals surface area (Å²) in [6.07, 6.45) is 2.85. The van der Waals surface area contributed by atoms with Crippen LogP contribution >= 0.6 is 0 Å². The number of amides is 1. The molecule has 37 heavy (non-hydrogen) atoms. The van der Waals surface area contributed by atoms with E-state index in [2.05, 4.69) is 11.4 Å². The van der Waals surface area contributed by atoms with E-state index in [9.17, 15) is 4.79 Å². The molecule has 200 valence electrons. The molecule has 11 nitrogen and oxygen atoms in total. The van der Waals surface area contributed by atoms with E-state index in [1.165, 1.54) is 0 Å². The normalized spacial score (nSPS) is 16.1. The number of carboxylic acids is 2. The molecule has 1 saturated heterocycles. The molecule has 2 heterocycles. The Morgan fingerprint density at radius 3 is 2.32 bits per heavy atom. The second-order valence-corrected chi connectivity index (χ2v) is 8.31. The number of nitrogens with one attached hydrogen (secondary N) is 1. The molecule has 0 aromatic heterocycles. The lowest BCUT2D eigenvalue weighted by molar-refractivity contribution is -0.159. The van der Waals surface area contributed by atoms with Crippen molar-refractivity contribution in [2.24, 2.45) is 0 Å². The number of fused-ring (bicyclic) bond motifs is 1. The predicted molar refractivity (Wildman–Crippen MR) is 132 cm³/mol. The third-order valence-corrected chi connectivity index (χ3v) is 5.80. The maximum Gasteiger partial charge on any atom is 0.414 e. The maximum atomic E-state index is 12.8. The zero-order valence-electron chi connectivity index (χ0n) is 20.7. The largest absolute Gasteiger partial charge is 0.497 e. The molecule has 0 bridgehead atoms. The topological polar surface area (TPSA) is 144 Å². The van der Waals surface area contributed by atoms with E-state index in [1.807, 2.05) is 41.3 Å². The standard InChI is InChI=1S/C24H30N2O5.C2H2O4/c1-28-19-6-8-20(9-7-19)29-15-11-25-17-24(27)26-12-2-4-21(26)18-5-10-22-23(16-18)31-14-3-13-30-22;3-1(4)2(5)6/h5-10,16,21,25H,2-4,11-15,17H2,1H3;(H,3,4)(H,5,6). The van der Waals surface area contributed by atoms with Gasteiger partial charge in [0, 0.05) is 19.5 Å². The SMILES string of the molecule is COc1ccc(OCCNCC(=O)N2CCCC2c2ccc3c(c2)OCCCO3)cc1.O=C(O)C(=O)O. The number of hydrogen-bond donors (Lipinski definition) is 3. The summed E-state index contributed by atoms with van der Waals surface area (Å²) in [5.41, 5.74) is 1.11. The Bertz CT molecular complexity index is 1050. The summed E-state index contributed by atoms with van der Waals surface area (Å²) in [4.78, 5) is 33.0. The Morgan fingerprint density at radius 1 is 0.973 bits per heavy atom. The molecular formula is C26H32N2O9. The van der Waals surface area contributed by atoms with Gasteiger partial charge in [0.2, 0.25) is 5.91 Å². The van der Waals surface area contributed by atoms with Gasteiger partial charge in [0.1, 0.15) is 18.1 Å². The third kappa shape index (κ3) is 8.28. The number of ether oxygens (including phenoxy) is 4. The molecule has 11 heteroatoms. The van der Waals surface area contributed by atoms with E-state index < -0.39 is 11.9 Å². The van der Waals surface area contributed by atoms with E-state index >= 15 is 0 Å². The van der Waals surface area contributed by atoms with Gasteiger partial charge in [-0.25, -0.2) is 9.59 Å². The van der Waals surface area contributed by atoms with Gasteiger partial charge in [0.25, 0.3) is 0 Å². The molecule has 1 unspecified atom stereocenters. The second-order valence-electron chi connectivity index (χ2n) is 8.31. The van der Waals surface area contributed by atoms with Crippen molar-refractivity contribution < 1.29 is 43.5 Å². The minimum Gasteiger partial charge on any atom is -0.497 e. The fourth-order valence-electron chi connectivity index (χ4n) is 4.01. The van der Waals surface area contributed by atoms with Crippen molar-refractivity contribution >= 4 is 17.8 Å². The van der Waals surface area contributed by atoms with Crippen LogP contribution in [0.2, 0.25) is 0 Å². The van der Waals surface area contributed by atoms with Gasteiger partial charge in [-0.15, -0.1) is 0 Å². The highest BCUT2D eigenvalue weighted by Gasteiger charge is 2.30. The smallest absolute Gasteiger partial charge is 0.414 e. The molecule has 1 fully saturated rings. The Morgan fingerprint density at radius 2 is 1.65 bits per heavy atom. The first-order valence-corrected chi connectivity index (χ1v) is 12.0. The zero-order chi connectivity index (χ0) is 26.6. The van der Waals surface area contributed by atoms with Crippen LogP contribution in [0.15, 0.2) is 42.5 Å². The first kappa shape index (κ1) is 27.6. The van der Waals surface area contributed by atoms with Gasteiger partial charge in [0.05, 0.1) is 32.9 Å². The number of benzene rings is 2. The lowest BCUT2D eigenvalue weighted by Crippen LogP contribution is -2.38. The van der Waals surface area contributed by atoms with Crippen LogP contribution in [-0.4, -0.2) is 79.5 Å². The molecule has 2 aliphatic rings. The maximum absolute atomic E-state index is 12.8. The number of carboxylic acid groups (broad SMARTS) is 2. The summed E-state index contributed by atoms with van der Waals surface area (Å²) < 4.78 is 22.4. The molecular weight excluding hydrogens is 484 g/mol. The summed E-state index contributed by atoms with van der Waals surface area (Å²) in [5, 5.41) is 18.0. The molecule has 0 spiro atoms. The van der Waals surface area contributed by atoms with Crippen molar-refractivity contribution in [1.29, 1.82) is 0 Å². The number of carbonyl (C=O) groups excluding carboxylic acids is 1. The Kier molecular flexibility index (Phi) is 10.4. The minimum absolute atomic E-state index is 0.0852. The zero-order valence-corrected chi connectivity index (χ0v) is 20.7. The molecule has 3 N–H and O–H groups in total. The fourth-order valence-corrected chi connectivity index (χ4v) is 4.01. The number of aliphatic carboxylic acids is 2. The highest BCUT2D eigenvalue weighted by Crippen LogP contribution is 2.37. The van der Waals surface area contributed by atoms with Crippen molar-refractivity contribution in [1.82, 2.24) is 10.2 Å². The Balaban J connectivity index is 0.000000568. The van der Waals surface area contributed by atoms with Crippen LogP contribution in [0, 0.1) is 0 Å². The molecule has 0 radical (unpaired) electrons. The van der Waals surface area contributed by atoms with Gasteiger partial charge in [-0.1, -0.05) is 6.07 Å². The van der Waals surface area contributed by atoms with Crippen molar-refractivity contribution in [3.05, 3.63) is 48.0 Å². The van der Waals surface area contributed by atoms with Gasteiger partial charge >= 0.3 is 11.9 Å². The number of likely N-dealkylation sites (tertiary alicyclic amines) is 1.